The van der Waals surface area contributed by atoms with Gasteiger partial charge in [0.25, 0.3) is 5.91 Å². The lowest BCUT2D eigenvalue weighted by Gasteiger charge is -2.24. The van der Waals surface area contributed by atoms with Crippen molar-refractivity contribution in [1.29, 1.82) is 0 Å². The Morgan fingerprint density at radius 3 is 2.79 bits per heavy atom. The standard InChI is InChI=1S/C18H23NO4S/c1-13-8-11-19(14-6-2-3-7-15(14)24-13)16(20)12-23-17(21)18(22)9-4-5-10-18/h2-3,6-7,13,22H,4-5,8-12H2,1H3/t13-/m0/s1. The Morgan fingerprint density at radius 2 is 2.04 bits per heavy atom. The number of esters is 1. The molecule has 130 valence electrons. The molecule has 1 aromatic carbocycles. The van der Waals surface area contributed by atoms with E-state index in [9.17, 15) is 14.7 Å². The van der Waals surface area contributed by atoms with Crippen LogP contribution >= 0.6 is 11.8 Å². The number of hydrogen-bond acceptors (Lipinski definition) is 5. The number of benzene rings is 1. The molecule has 5 nitrogen and oxygen atoms in total. The number of anilines is 1. The summed E-state index contributed by atoms with van der Waals surface area (Å²) in [4.78, 5) is 27.4. The molecule has 1 aliphatic heterocycles. The predicted molar refractivity (Wildman–Crippen MR) is 93.1 cm³/mol. The molecule has 1 N–H and O–H groups in total. The first kappa shape index (κ1) is 17.3. The van der Waals surface area contributed by atoms with Gasteiger partial charge in [0.1, 0.15) is 0 Å². The molecule has 1 aliphatic carbocycles. The lowest BCUT2D eigenvalue weighted by molar-refractivity contribution is -0.166. The van der Waals surface area contributed by atoms with Crippen molar-refractivity contribution in [2.45, 2.75) is 54.8 Å². The van der Waals surface area contributed by atoms with Gasteiger partial charge < -0.3 is 14.7 Å². The van der Waals surface area contributed by atoms with Crippen molar-refractivity contribution >= 4 is 29.3 Å². The summed E-state index contributed by atoms with van der Waals surface area (Å²) in [5, 5.41) is 10.6. The Kier molecular flexibility index (Phi) is 5.15. The minimum Gasteiger partial charge on any atom is -0.453 e. The maximum Gasteiger partial charge on any atom is 0.338 e. The maximum atomic E-state index is 12.6. The fourth-order valence-corrected chi connectivity index (χ4v) is 4.36. The molecule has 1 fully saturated rings. The summed E-state index contributed by atoms with van der Waals surface area (Å²) >= 11 is 1.76. The molecule has 24 heavy (non-hydrogen) atoms. The van der Waals surface area contributed by atoms with Crippen molar-refractivity contribution in [3.63, 3.8) is 0 Å². The number of para-hydroxylation sites is 1. The Hall–Kier alpha value is -1.53. The van der Waals surface area contributed by atoms with Gasteiger partial charge in [-0.3, -0.25) is 4.79 Å². The van der Waals surface area contributed by atoms with Crippen LogP contribution in [0, 0.1) is 0 Å². The van der Waals surface area contributed by atoms with Crippen LogP contribution in [0.2, 0.25) is 0 Å². The molecule has 1 amide bonds. The highest BCUT2D eigenvalue weighted by Gasteiger charge is 2.40. The smallest absolute Gasteiger partial charge is 0.338 e. The zero-order valence-electron chi connectivity index (χ0n) is 13.9. The quantitative estimate of drug-likeness (QED) is 0.850. The number of rotatable bonds is 3. The molecule has 2 aliphatic rings. The van der Waals surface area contributed by atoms with E-state index >= 15 is 0 Å². The Labute approximate surface area is 146 Å². The van der Waals surface area contributed by atoms with Crippen molar-refractivity contribution in [2.75, 3.05) is 18.1 Å². The number of aliphatic hydroxyl groups is 1. The van der Waals surface area contributed by atoms with Crippen LogP contribution < -0.4 is 4.90 Å². The van der Waals surface area contributed by atoms with Crippen molar-refractivity contribution in [2.24, 2.45) is 0 Å². The highest BCUT2D eigenvalue weighted by atomic mass is 32.2. The van der Waals surface area contributed by atoms with Gasteiger partial charge in [-0.1, -0.05) is 19.1 Å². The van der Waals surface area contributed by atoms with E-state index in [-0.39, 0.29) is 12.5 Å². The summed E-state index contributed by atoms with van der Waals surface area (Å²) < 4.78 is 5.14. The van der Waals surface area contributed by atoms with E-state index in [0.717, 1.165) is 29.8 Å². The van der Waals surface area contributed by atoms with Gasteiger partial charge in [0, 0.05) is 16.7 Å². The molecule has 3 rings (SSSR count). The zero-order chi connectivity index (χ0) is 17.2. The van der Waals surface area contributed by atoms with Crippen LogP contribution in [0.5, 0.6) is 0 Å². The van der Waals surface area contributed by atoms with Crippen LogP contribution in [0.4, 0.5) is 5.69 Å². The third-order valence-corrected chi connectivity index (χ3v) is 5.92. The first-order valence-corrected chi connectivity index (χ1v) is 9.33. The first-order valence-electron chi connectivity index (χ1n) is 8.45. The summed E-state index contributed by atoms with van der Waals surface area (Å²) in [5.41, 5.74) is -0.533. The van der Waals surface area contributed by atoms with E-state index in [1.807, 2.05) is 24.3 Å². The number of amides is 1. The van der Waals surface area contributed by atoms with E-state index in [1.165, 1.54) is 0 Å². The second-order valence-corrected chi connectivity index (χ2v) is 8.03. The average molecular weight is 349 g/mol. The molecule has 0 bridgehead atoms. The Morgan fingerprint density at radius 1 is 1.33 bits per heavy atom. The molecule has 1 atom stereocenters. The summed E-state index contributed by atoms with van der Waals surface area (Å²) in [6.45, 7) is 2.42. The van der Waals surface area contributed by atoms with Gasteiger partial charge in [0.15, 0.2) is 12.2 Å². The minimum absolute atomic E-state index is 0.243. The van der Waals surface area contributed by atoms with Gasteiger partial charge in [-0.05, 0) is 44.2 Å². The molecule has 0 spiro atoms. The second kappa shape index (κ2) is 7.15. The minimum atomic E-state index is -1.40. The van der Waals surface area contributed by atoms with E-state index in [2.05, 4.69) is 6.92 Å². The SMILES string of the molecule is C[C@H]1CCN(C(=O)COC(=O)C2(O)CCCC2)c2ccccc2S1. The predicted octanol–water partition coefficient (Wildman–Crippen LogP) is 2.75. The van der Waals surface area contributed by atoms with Gasteiger partial charge in [0.2, 0.25) is 0 Å². The van der Waals surface area contributed by atoms with Gasteiger partial charge in [-0.25, -0.2) is 4.79 Å². The molecular formula is C18H23NO4S. The summed E-state index contributed by atoms with van der Waals surface area (Å²) in [5.74, 6) is -0.911. The fourth-order valence-electron chi connectivity index (χ4n) is 3.25. The van der Waals surface area contributed by atoms with Crippen LogP contribution in [-0.4, -0.2) is 41.0 Å². The van der Waals surface area contributed by atoms with Crippen LogP contribution in [0.3, 0.4) is 0 Å². The summed E-state index contributed by atoms with van der Waals surface area (Å²) in [6, 6.07) is 7.80. The highest BCUT2D eigenvalue weighted by molar-refractivity contribution is 8.00. The summed E-state index contributed by atoms with van der Waals surface area (Å²) in [7, 11) is 0. The number of hydrogen-bond donors (Lipinski definition) is 1. The average Bonchev–Trinajstić information content (AvgIpc) is 2.94. The molecule has 0 unspecified atom stereocenters. The van der Waals surface area contributed by atoms with Crippen molar-refractivity contribution in [3.8, 4) is 0 Å². The molecule has 1 heterocycles. The monoisotopic (exact) mass is 349 g/mol. The summed E-state index contributed by atoms with van der Waals surface area (Å²) in [6.07, 6.45) is 3.34. The molecular weight excluding hydrogens is 326 g/mol. The third kappa shape index (κ3) is 3.59. The van der Waals surface area contributed by atoms with Crippen molar-refractivity contribution in [1.82, 2.24) is 0 Å². The van der Waals surface area contributed by atoms with Crippen LogP contribution in [0.15, 0.2) is 29.2 Å². The van der Waals surface area contributed by atoms with Gasteiger partial charge in [0.05, 0.1) is 5.69 Å². The number of thioether (sulfide) groups is 1. The van der Waals surface area contributed by atoms with E-state index < -0.39 is 11.6 Å². The van der Waals surface area contributed by atoms with Gasteiger partial charge in [-0.15, -0.1) is 11.8 Å². The molecule has 6 heteroatoms. The van der Waals surface area contributed by atoms with Crippen LogP contribution in [-0.2, 0) is 14.3 Å². The van der Waals surface area contributed by atoms with Crippen LogP contribution in [0.1, 0.15) is 39.0 Å². The lowest BCUT2D eigenvalue weighted by atomic mass is 10.0. The Bertz CT molecular complexity index is 627. The van der Waals surface area contributed by atoms with E-state index in [0.29, 0.717) is 24.6 Å². The normalized spacial score (nSPS) is 22.6. The van der Waals surface area contributed by atoms with Crippen molar-refractivity contribution < 1.29 is 19.4 Å². The molecule has 0 radical (unpaired) electrons. The molecule has 0 aromatic heterocycles. The highest BCUT2D eigenvalue weighted by Crippen LogP contribution is 2.37. The topological polar surface area (TPSA) is 66.8 Å². The molecule has 0 saturated heterocycles. The fraction of sp³-hybridized carbons (Fsp3) is 0.556. The third-order valence-electron chi connectivity index (χ3n) is 4.68. The number of carbonyl (C=O) groups is 2. The Balaban J connectivity index is 1.67. The number of carbonyl (C=O) groups excluding carboxylic acids is 2. The van der Waals surface area contributed by atoms with Gasteiger partial charge in [-0.2, -0.15) is 0 Å². The number of fused-ring (bicyclic) bond motifs is 1. The molecule has 1 saturated carbocycles. The first-order chi connectivity index (χ1) is 11.5. The lowest BCUT2D eigenvalue weighted by Crippen LogP contribution is -2.41. The second-order valence-electron chi connectivity index (χ2n) is 6.55. The van der Waals surface area contributed by atoms with E-state index in [1.54, 1.807) is 16.7 Å². The molecule has 1 aromatic rings. The maximum absolute atomic E-state index is 12.6. The van der Waals surface area contributed by atoms with Crippen molar-refractivity contribution in [3.05, 3.63) is 24.3 Å². The van der Waals surface area contributed by atoms with Gasteiger partial charge >= 0.3 is 5.97 Å². The van der Waals surface area contributed by atoms with E-state index in [4.69, 9.17) is 4.74 Å². The number of ether oxygens (including phenoxy) is 1. The van der Waals surface area contributed by atoms with Crippen LogP contribution in [0.25, 0.3) is 0 Å². The largest absolute Gasteiger partial charge is 0.453 e. The number of nitrogens with zero attached hydrogens (tertiary/aromatic N) is 1. The zero-order valence-corrected chi connectivity index (χ0v) is 14.7.